The average molecular weight is 198 g/mol. The summed E-state index contributed by atoms with van der Waals surface area (Å²) in [5.74, 6) is 1.60. The summed E-state index contributed by atoms with van der Waals surface area (Å²) in [7, 11) is 1.97. The quantitative estimate of drug-likeness (QED) is 0.660. The highest BCUT2D eigenvalue weighted by molar-refractivity contribution is 7.71. The molecule has 72 valence electrons. The highest BCUT2D eigenvalue weighted by Gasteiger charge is 2.19. The van der Waals surface area contributed by atoms with Gasteiger partial charge in [-0.05, 0) is 31.6 Å². The van der Waals surface area contributed by atoms with Crippen LogP contribution >= 0.6 is 12.2 Å². The lowest BCUT2D eigenvalue weighted by molar-refractivity contribution is 0.438. The smallest absolute Gasteiger partial charge is 0.194 e. The minimum atomic E-state index is 0.520. The third-order valence-corrected chi connectivity index (χ3v) is 2.94. The standard InChI is InChI=1S/C8H14N4S/c1-12-7(10-11-8(12)13)6-3-2-4-9-5-6/h6,9H,2-5H2,1H3,(H,11,13). The van der Waals surface area contributed by atoms with Crippen molar-refractivity contribution < 1.29 is 0 Å². The first-order valence-electron chi connectivity index (χ1n) is 4.61. The third kappa shape index (κ3) is 1.66. The van der Waals surface area contributed by atoms with Gasteiger partial charge in [-0.1, -0.05) is 0 Å². The first-order valence-corrected chi connectivity index (χ1v) is 5.02. The Morgan fingerprint density at radius 1 is 1.62 bits per heavy atom. The van der Waals surface area contributed by atoms with Crippen LogP contribution in [0.15, 0.2) is 0 Å². The fraction of sp³-hybridized carbons (Fsp3) is 0.750. The normalized spacial score (nSPS) is 23.3. The van der Waals surface area contributed by atoms with Gasteiger partial charge in [-0.2, -0.15) is 5.10 Å². The van der Waals surface area contributed by atoms with Crippen molar-refractivity contribution in [3.8, 4) is 0 Å². The van der Waals surface area contributed by atoms with Crippen molar-refractivity contribution >= 4 is 12.2 Å². The number of piperidine rings is 1. The van der Waals surface area contributed by atoms with E-state index in [4.69, 9.17) is 12.2 Å². The number of nitrogens with zero attached hydrogens (tertiary/aromatic N) is 2. The van der Waals surface area contributed by atoms with Gasteiger partial charge in [-0.15, -0.1) is 0 Å². The molecule has 0 aliphatic carbocycles. The molecule has 0 aromatic carbocycles. The van der Waals surface area contributed by atoms with Crippen LogP contribution in [-0.4, -0.2) is 27.9 Å². The molecule has 1 fully saturated rings. The van der Waals surface area contributed by atoms with E-state index in [-0.39, 0.29) is 0 Å². The Hall–Kier alpha value is -0.680. The van der Waals surface area contributed by atoms with Crippen LogP contribution in [0.3, 0.4) is 0 Å². The Kier molecular flexibility index (Phi) is 2.46. The summed E-state index contributed by atoms with van der Waals surface area (Å²) in [5.41, 5.74) is 0. The molecular weight excluding hydrogens is 184 g/mol. The van der Waals surface area contributed by atoms with Crippen LogP contribution < -0.4 is 5.32 Å². The van der Waals surface area contributed by atoms with E-state index in [1.165, 1.54) is 12.8 Å². The topological polar surface area (TPSA) is 45.6 Å². The zero-order valence-corrected chi connectivity index (χ0v) is 8.52. The van der Waals surface area contributed by atoms with Crippen LogP contribution in [0.2, 0.25) is 0 Å². The van der Waals surface area contributed by atoms with E-state index in [0.717, 1.165) is 18.9 Å². The second-order valence-corrected chi connectivity index (χ2v) is 3.88. The van der Waals surface area contributed by atoms with Crippen molar-refractivity contribution in [3.05, 3.63) is 10.6 Å². The molecule has 2 N–H and O–H groups in total. The van der Waals surface area contributed by atoms with E-state index in [1.807, 2.05) is 11.6 Å². The molecule has 1 aromatic heterocycles. The number of hydrogen-bond donors (Lipinski definition) is 2. The largest absolute Gasteiger partial charge is 0.316 e. The highest BCUT2D eigenvalue weighted by Crippen LogP contribution is 2.20. The van der Waals surface area contributed by atoms with Gasteiger partial charge in [0.2, 0.25) is 0 Å². The molecule has 1 saturated heterocycles. The highest BCUT2D eigenvalue weighted by atomic mass is 32.1. The average Bonchev–Trinajstić information content (AvgIpc) is 2.49. The zero-order valence-electron chi connectivity index (χ0n) is 7.71. The molecule has 13 heavy (non-hydrogen) atoms. The molecule has 0 bridgehead atoms. The number of hydrogen-bond acceptors (Lipinski definition) is 3. The van der Waals surface area contributed by atoms with Gasteiger partial charge < -0.3 is 9.88 Å². The first-order chi connectivity index (χ1) is 6.29. The second-order valence-electron chi connectivity index (χ2n) is 3.49. The number of aromatic nitrogens is 3. The molecule has 4 nitrogen and oxygen atoms in total. The van der Waals surface area contributed by atoms with E-state index in [1.54, 1.807) is 0 Å². The van der Waals surface area contributed by atoms with Crippen LogP contribution in [0.5, 0.6) is 0 Å². The fourth-order valence-corrected chi connectivity index (χ4v) is 1.94. The molecule has 5 heteroatoms. The van der Waals surface area contributed by atoms with Gasteiger partial charge in [0.05, 0.1) is 0 Å². The lowest BCUT2D eigenvalue weighted by atomic mass is 9.99. The minimum Gasteiger partial charge on any atom is -0.316 e. The van der Waals surface area contributed by atoms with Crippen LogP contribution in [0, 0.1) is 4.77 Å². The van der Waals surface area contributed by atoms with Crippen molar-refractivity contribution in [2.75, 3.05) is 13.1 Å². The van der Waals surface area contributed by atoms with E-state index < -0.39 is 0 Å². The third-order valence-electron chi connectivity index (χ3n) is 2.58. The van der Waals surface area contributed by atoms with Crippen molar-refractivity contribution in [1.82, 2.24) is 20.1 Å². The molecule has 0 spiro atoms. The van der Waals surface area contributed by atoms with Crippen molar-refractivity contribution in [3.63, 3.8) is 0 Å². The van der Waals surface area contributed by atoms with E-state index in [2.05, 4.69) is 15.5 Å². The number of nitrogens with one attached hydrogen (secondary N) is 2. The van der Waals surface area contributed by atoms with Gasteiger partial charge in [0, 0.05) is 19.5 Å². The van der Waals surface area contributed by atoms with Gasteiger partial charge in [-0.25, -0.2) is 0 Å². The van der Waals surface area contributed by atoms with Crippen LogP contribution in [-0.2, 0) is 7.05 Å². The summed E-state index contributed by atoms with van der Waals surface area (Å²) >= 11 is 5.07. The Morgan fingerprint density at radius 3 is 3.00 bits per heavy atom. The van der Waals surface area contributed by atoms with E-state index in [0.29, 0.717) is 10.7 Å². The molecule has 1 atom stereocenters. The zero-order chi connectivity index (χ0) is 9.26. The van der Waals surface area contributed by atoms with Crippen LogP contribution in [0.25, 0.3) is 0 Å². The monoisotopic (exact) mass is 198 g/mol. The fourth-order valence-electron chi connectivity index (χ4n) is 1.80. The molecule has 1 unspecified atom stereocenters. The van der Waals surface area contributed by atoms with E-state index in [9.17, 15) is 0 Å². The Labute approximate surface area is 82.4 Å². The van der Waals surface area contributed by atoms with Gasteiger partial charge in [0.1, 0.15) is 5.82 Å². The van der Waals surface area contributed by atoms with Crippen molar-refractivity contribution in [2.24, 2.45) is 7.05 Å². The maximum absolute atomic E-state index is 5.07. The first kappa shape index (κ1) is 8.90. The minimum absolute atomic E-state index is 0.520. The second kappa shape index (κ2) is 3.59. The van der Waals surface area contributed by atoms with Crippen LogP contribution in [0.1, 0.15) is 24.6 Å². The lowest BCUT2D eigenvalue weighted by Crippen LogP contribution is -2.29. The SMILES string of the molecule is Cn1c(C2CCCNC2)n[nH]c1=S. The number of H-pyrrole nitrogens is 1. The molecule has 0 saturated carbocycles. The lowest BCUT2D eigenvalue weighted by Gasteiger charge is -2.21. The summed E-state index contributed by atoms with van der Waals surface area (Å²) in [6.07, 6.45) is 2.44. The number of aromatic amines is 1. The van der Waals surface area contributed by atoms with Gasteiger partial charge >= 0.3 is 0 Å². The Balaban J connectivity index is 2.23. The maximum Gasteiger partial charge on any atom is 0.194 e. The molecular formula is C8H14N4S. The summed E-state index contributed by atoms with van der Waals surface area (Å²) in [6.45, 7) is 2.15. The van der Waals surface area contributed by atoms with Gasteiger partial charge in [0.25, 0.3) is 0 Å². The Bertz CT molecular complexity index is 334. The molecule has 0 amide bonds. The summed E-state index contributed by atoms with van der Waals surface area (Å²) in [4.78, 5) is 0. The number of rotatable bonds is 1. The van der Waals surface area contributed by atoms with Crippen molar-refractivity contribution in [1.29, 1.82) is 0 Å². The molecule has 0 radical (unpaired) electrons. The van der Waals surface area contributed by atoms with Crippen molar-refractivity contribution in [2.45, 2.75) is 18.8 Å². The summed E-state index contributed by atoms with van der Waals surface area (Å²) < 4.78 is 2.67. The van der Waals surface area contributed by atoms with Crippen LogP contribution in [0.4, 0.5) is 0 Å². The van der Waals surface area contributed by atoms with Gasteiger partial charge in [-0.3, -0.25) is 5.10 Å². The van der Waals surface area contributed by atoms with Gasteiger partial charge in [0.15, 0.2) is 4.77 Å². The predicted molar refractivity (Wildman–Crippen MR) is 53.2 cm³/mol. The summed E-state index contributed by atoms with van der Waals surface area (Å²) in [6, 6.07) is 0. The molecule has 2 heterocycles. The molecule has 1 aromatic rings. The predicted octanol–water partition coefficient (Wildman–Crippen LogP) is 0.945. The van der Waals surface area contributed by atoms with E-state index >= 15 is 0 Å². The molecule has 1 aliphatic rings. The molecule has 1 aliphatic heterocycles. The molecule has 2 rings (SSSR count). The maximum atomic E-state index is 5.07. The summed E-state index contributed by atoms with van der Waals surface area (Å²) in [5, 5.41) is 10.4. The Morgan fingerprint density at radius 2 is 2.46 bits per heavy atom.